The number of halogens is 1. The lowest BCUT2D eigenvalue weighted by molar-refractivity contribution is -0.151. The Morgan fingerprint density at radius 2 is 2.00 bits per heavy atom. The molecule has 1 spiro atoms. The molecule has 2 fully saturated rings. The maximum Gasteiger partial charge on any atom is 0.326 e. The van der Waals surface area contributed by atoms with Crippen LogP contribution < -0.4 is 10.6 Å². The number of imide groups is 1. The number of benzene rings is 1. The summed E-state index contributed by atoms with van der Waals surface area (Å²) in [5.74, 6) is -2.06. The van der Waals surface area contributed by atoms with E-state index in [-0.39, 0.29) is 11.7 Å². The van der Waals surface area contributed by atoms with Gasteiger partial charge >= 0.3 is 12.0 Å². The number of hydrogen-bond acceptors (Lipinski definition) is 5. The van der Waals surface area contributed by atoms with Crippen molar-refractivity contribution in [1.82, 2.24) is 15.5 Å². The highest BCUT2D eigenvalue weighted by molar-refractivity contribution is 6.09. The summed E-state index contributed by atoms with van der Waals surface area (Å²) in [6.07, 6.45) is 3.74. The number of carbonyl (C=O) groups is 4. The molecule has 1 aromatic carbocycles. The van der Waals surface area contributed by atoms with Crippen LogP contribution in [0.4, 0.5) is 9.18 Å². The standard InChI is InChI=1S/C21H26FN3O5/c1-14-4-2-3-10-21(14)19(28)25(20(29)24-21)12-18(27)30-13-17(26)23-11-9-15-5-7-16(22)8-6-15/h5-8,14H,2-4,9-13H2,1H3,(H,23,26)(H,24,29)/t14-,21+/m0/s1. The monoisotopic (exact) mass is 419 g/mol. The molecular formula is C21H26FN3O5. The molecule has 1 saturated heterocycles. The van der Waals surface area contributed by atoms with Crippen LogP contribution in [-0.2, 0) is 25.5 Å². The molecular weight excluding hydrogens is 393 g/mol. The van der Waals surface area contributed by atoms with Crippen LogP contribution in [0.15, 0.2) is 24.3 Å². The van der Waals surface area contributed by atoms with Gasteiger partial charge in [0.25, 0.3) is 11.8 Å². The molecule has 162 valence electrons. The summed E-state index contributed by atoms with van der Waals surface area (Å²) in [7, 11) is 0. The molecule has 1 aliphatic carbocycles. The first kappa shape index (κ1) is 21.7. The fourth-order valence-corrected chi connectivity index (χ4v) is 4.01. The van der Waals surface area contributed by atoms with E-state index in [0.717, 1.165) is 29.7 Å². The van der Waals surface area contributed by atoms with Gasteiger partial charge in [-0.3, -0.25) is 19.3 Å². The van der Waals surface area contributed by atoms with Gasteiger partial charge in [0.2, 0.25) is 0 Å². The van der Waals surface area contributed by atoms with Crippen LogP contribution in [0.3, 0.4) is 0 Å². The summed E-state index contributed by atoms with van der Waals surface area (Å²) in [4.78, 5) is 49.8. The van der Waals surface area contributed by atoms with Gasteiger partial charge in [0.1, 0.15) is 17.9 Å². The number of rotatable bonds is 7. The number of hydrogen-bond donors (Lipinski definition) is 2. The van der Waals surface area contributed by atoms with Crippen molar-refractivity contribution < 1.29 is 28.3 Å². The van der Waals surface area contributed by atoms with Crippen LogP contribution in [0.5, 0.6) is 0 Å². The van der Waals surface area contributed by atoms with E-state index in [1.54, 1.807) is 12.1 Å². The van der Waals surface area contributed by atoms with E-state index in [9.17, 15) is 23.6 Å². The Hall–Kier alpha value is -2.97. The lowest BCUT2D eigenvalue weighted by Crippen LogP contribution is -2.54. The Balaban J connectivity index is 1.41. The van der Waals surface area contributed by atoms with E-state index in [1.165, 1.54) is 12.1 Å². The number of amides is 4. The van der Waals surface area contributed by atoms with E-state index in [2.05, 4.69) is 10.6 Å². The zero-order chi connectivity index (χ0) is 21.7. The van der Waals surface area contributed by atoms with Gasteiger partial charge in [-0.25, -0.2) is 9.18 Å². The van der Waals surface area contributed by atoms with E-state index in [0.29, 0.717) is 19.4 Å². The second-order valence-corrected chi connectivity index (χ2v) is 7.83. The number of urea groups is 1. The van der Waals surface area contributed by atoms with Crippen molar-refractivity contribution in [2.45, 2.75) is 44.6 Å². The van der Waals surface area contributed by atoms with Crippen LogP contribution in [0, 0.1) is 11.7 Å². The molecule has 2 N–H and O–H groups in total. The number of nitrogens with zero attached hydrogens (tertiary/aromatic N) is 1. The van der Waals surface area contributed by atoms with Crippen LogP contribution >= 0.6 is 0 Å². The largest absolute Gasteiger partial charge is 0.454 e. The Labute approximate surface area is 174 Å². The topological polar surface area (TPSA) is 105 Å². The van der Waals surface area contributed by atoms with Crippen LogP contribution in [0.2, 0.25) is 0 Å². The summed E-state index contributed by atoms with van der Waals surface area (Å²) in [6, 6.07) is 5.33. The molecule has 9 heteroatoms. The number of nitrogens with one attached hydrogen (secondary N) is 2. The normalized spacial score (nSPS) is 23.4. The fraction of sp³-hybridized carbons (Fsp3) is 0.524. The summed E-state index contributed by atoms with van der Waals surface area (Å²) in [5, 5.41) is 5.36. The lowest BCUT2D eigenvalue weighted by atomic mass is 9.73. The van der Waals surface area contributed by atoms with Crippen molar-refractivity contribution in [3.05, 3.63) is 35.6 Å². The highest BCUT2D eigenvalue weighted by atomic mass is 19.1. The lowest BCUT2D eigenvalue weighted by Gasteiger charge is -2.36. The first-order valence-corrected chi connectivity index (χ1v) is 10.1. The minimum Gasteiger partial charge on any atom is -0.454 e. The number of carbonyl (C=O) groups excluding carboxylic acids is 4. The highest BCUT2D eigenvalue weighted by Gasteiger charge is 2.55. The summed E-state index contributed by atoms with van der Waals surface area (Å²) in [5.41, 5.74) is -0.0778. The van der Waals surface area contributed by atoms with Crippen LogP contribution in [0.25, 0.3) is 0 Å². The third-order valence-corrected chi connectivity index (χ3v) is 5.80. The predicted molar refractivity (Wildman–Crippen MR) is 105 cm³/mol. The Bertz CT molecular complexity index is 828. The zero-order valence-electron chi connectivity index (χ0n) is 16.9. The van der Waals surface area contributed by atoms with Crippen molar-refractivity contribution in [2.24, 2.45) is 5.92 Å². The van der Waals surface area contributed by atoms with Gasteiger partial charge in [0, 0.05) is 6.54 Å². The van der Waals surface area contributed by atoms with Gasteiger partial charge in [0.15, 0.2) is 6.61 Å². The minimum absolute atomic E-state index is 0.00407. The molecule has 1 heterocycles. The summed E-state index contributed by atoms with van der Waals surface area (Å²) in [6.45, 7) is 1.19. The quantitative estimate of drug-likeness (QED) is 0.515. The maximum absolute atomic E-state index is 12.9. The minimum atomic E-state index is -0.937. The molecule has 2 aliphatic rings. The Morgan fingerprint density at radius 1 is 1.27 bits per heavy atom. The molecule has 4 amide bonds. The van der Waals surface area contributed by atoms with Gasteiger partial charge in [-0.05, 0) is 42.9 Å². The van der Waals surface area contributed by atoms with Crippen molar-refractivity contribution >= 4 is 23.8 Å². The molecule has 1 aliphatic heterocycles. The van der Waals surface area contributed by atoms with Gasteiger partial charge in [-0.2, -0.15) is 0 Å². The molecule has 8 nitrogen and oxygen atoms in total. The number of esters is 1. The molecule has 30 heavy (non-hydrogen) atoms. The van der Waals surface area contributed by atoms with Gasteiger partial charge in [0.05, 0.1) is 0 Å². The fourth-order valence-electron chi connectivity index (χ4n) is 4.01. The third kappa shape index (κ3) is 4.77. The molecule has 1 saturated carbocycles. The third-order valence-electron chi connectivity index (χ3n) is 5.80. The van der Waals surface area contributed by atoms with E-state index < -0.39 is 42.5 Å². The van der Waals surface area contributed by atoms with E-state index >= 15 is 0 Å². The molecule has 0 aromatic heterocycles. The second kappa shape index (κ2) is 9.23. The second-order valence-electron chi connectivity index (χ2n) is 7.83. The van der Waals surface area contributed by atoms with Crippen molar-refractivity contribution in [3.8, 4) is 0 Å². The van der Waals surface area contributed by atoms with Crippen LogP contribution in [-0.4, -0.2) is 54.0 Å². The van der Waals surface area contributed by atoms with Gasteiger partial charge in [-0.15, -0.1) is 0 Å². The Kier molecular flexibility index (Phi) is 6.69. The first-order chi connectivity index (χ1) is 14.3. The zero-order valence-corrected chi connectivity index (χ0v) is 16.9. The van der Waals surface area contributed by atoms with Crippen LogP contribution in [0.1, 0.15) is 38.2 Å². The Morgan fingerprint density at radius 3 is 2.70 bits per heavy atom. The summed E-state index contributed by atoms with van der Waals surface area (Å²) < 4.78 is 17.8. The number of ether oxygens (including phenoxy) is 1. The van der Waals surface area contributed by atoms with E-state index in [4.69, 9.17) is 4.74 Å². The van der Waals surface area contributed by atoms with Crippen molar-refractivity contribution in [1.29, 1.82) is 0 Å². The molecule has 0 bridgehead atoms. The van der Waals surface area contributed by atoms with Crippen molar-refractivity contribution in [2.75, 3.05) is 19.7 Å². The molecule has 0 radical (unpaired) electrons. The van der Waals surface area contributed by atoms with Crippen molar-refractivity contribution in [3.63, 3.8) is 0 Å². The maximum atomic E-state index is 12.9. The molecule has 0 unspecified atom stereocenters. The SMILES string of the molecule is C[C@H]1CCCC[C@@]12NC(=O)N(CC(=O)OCC(=O)NCCc1ccc(F)cc1)C2=O. The highest BCUT2D eigenvalue weighted by Crippen LogP contribution is 2.38. The molecule has 1 aromatic rings. The smallest absolute Gasteiger partial charge is 0.326 e. The average molecular weight is 419 g/mol. The summed E-state index contributed by atoms with van der Waals surface area (Å²) >= 11 is 0. The predicted octanol–water partition coefficient (Wildman–Crippen LogP) is 1.53. The van der Waals surface area contributed by atoms with Gasteiger partial charge < -0.3 is 15.4 Å². The molecule has 2 atom stereocenters. The first-order valence-electron chi connectivity index (χ1n) is 10.1. The van der Waals surface area contributed by atoms with E-state index in [1.807, 2.05) is 6.92 Å². The van der Waals surface area contributed by atoms with Gasteiger partial charge in [-0.1, -0.05) is 31.9 Å². The average Bonchev–Trinajstić information content (AvgIpc) is 2.95. The molecule has 3 rings (SSSR count).